The van der Waals surface area contributed by atoms with Crippen LogP contribution in [0.25, 0.3) is 0 Å². The van der Waals surface area contributed by atoms with Crippen molar-refractivity contribution in [2.24, 2.45) is 94.7 Å². The smallest absolute Gasteiger partial charge is 0.0224 e. The van der Waals surface area contributed by atoms with Gasteiger partial charge in [-0.25, -0.2) is 0 Å². The molecule has 0 aromatic rings. The van der Waals surface area contributed by atoms with Crippen LogP contribution in [0.5, 0.6) is 0 Å². The third kappa shape index (κ3) is 8.21. The Labute approximate surface area is 369 Å². The SMILES string of the molecule is C1CC2CC(C3CCC(C4CCC(C5CC6NCCNC6CC5C5CCC(C6CCC(C7CC8CCCN9CCCC(C7)C89)CC6)CC5)CC4)CC3)CC3CCCN(C1)C23. The van der Waals surface area contributed by atoms with Gasteiger partial charge in [0.05, 0.1) is 0 Å². The van der Waals surface area contributed by atoms with E-state index >= 15 is 0 Å². The van der Waals surface area contributed by atoms with Gasteiger partial charge in [-0.05, 0) is 313 Å². The van der Waals surface area contributed by atoms with Crippen LogP contribution in [-0.4, -0.2) is 73.2 Å². The largest absolute Gasteiger partial charge is 0.311 e. The van der Waals surface area contributed by atoms with Gasteiger partial charge in [0.2, 0.25) is 0 Å². The van der Waals surface area contributed by atoms with Gasteiger partial charge in [-0.1, -0.05) is 0 Å². The monoisotopic (exact) mass is 823 g/mol. The van der Waals surface area contributed by atoms with Crippen LogP contribution in [0.1, 0.15) is 193 Å². The summed E-state index contributed by atoms with van der Waals surface area (Å²) < 4.78 is 0. The summed E-state index contributed by atoms with van der Waals surface area (Å²) in [6.45, 7) is 8.10. The molecule has 8 atom stereocenters. The number of nitrogens with one attached hydrogen (secondary N) is 2. The van der Waals surface area contributed by atoms with E-state index in [4.69, 9.17) is 0 Å². The minimum absolute atomic E-state index is 0.755. The van der Waals surface area contributed by atoms with E-state index in [2.05, 4.69) is 20.4 Å². The second-order valence-electron chi connectivity index (χ2n) is 25.7. The average molecular weight is 823 g/mol. The Bertz CT molecular complexity index is 1240. The quantitative estimate of drug-likeness (QED) is 0.279. The van der Waals surface area contributed by atoms with Crippen molar-refractivity contribution in [3.63, 3.8) is 0 Å². The predicted octanol–water partition coefficient (Wildman–Crippen LogP) is 12.0. The van der Waals surface area contributed by atoms with Crippen molar-refractivity contribution >= 4 is 0 Å². The highest BCUT2D eigenvalue weighted by Gasteiger charge is 2.50. The molecule has 7 aliphatic carbocycles. The van der Waals surface area contributed by atoms with E-state index in [1.165, 1.54) is 77.8 Å². The molecule has 8 unspecified atom stereocenters. The number of piperidine rings is 4. The first kappa shape index (κ1) is 41.3. The van der Waals surface area contributed by atoms with Crippen molar-refractivity contribution in [3.8, 4) is 0 Å². The summed E-state index contributed by atoms with van der Waals surface area (Å²) in [5.41, 5.74) is 0. The van der Waals surface area contributed by atoms with Crippen molar-refractivity contribution in [2.75, 3.05) is 39.3 Å². The molecular weight excluding hydrogens is 729 g/mol. The van der Waals surface area contributed by atoms with E-state index in [1.54, 1.807) is 154 Å². The van der Waals surface area contributed by atoms with Crippen molar-refractivity contribution in [2.45, 2.75) is 217 Å². The molecule has 12 fully saturated rings. The van der Waals surface area contributed by atoms with Crippen LogP contribution < -0.4 is 10.6 Å². The van der Waals surface area contributed by atoms with Crippen LogP contribution >= 0.6 is 0 Å². The summed E-state index contributed by atoms with van der Waals surface area (Å²) in [6.07, 6.45) is 47.1. The predicted molar refractivity (Wildman–Crippen MR) is 249 cm³/mol. The average Bonchev–Trinajstić information content (AvgIpc) is 3.32. The highest BCUT2D eigenvalue weighted by atomic mass is 15.2. The molecule has 0 radical (unpaired) electrons. The maximum Gasteiger partial charge on any atom is 0.0224 e. The maximum absolute atomic E-state index is 4.07. The lowest BCUT2D eigenvalue weighted by Gasteiger charge is -2.55. The number of hydrogen-bond acceptors (Lipinski definition) is 4. The number of rotatable bonds is 6. The van der Waals surface area contributed by atoms with Gasteiger partial charge in [0.1, 0.15) is 0 Å². The standard InChI is InChI=1S/C56H94N4/c1-5-45-31-49(32-46-6-2-28-59(27-1)55(45)46)41-13-9-37(10-14-41)39-17-21-43(22-18-39)51-35-53-54(58-26-25-57-53)36-52(51)44-23-19-40(20-24-44)38-11-15-42(16-12-38)50-33-47-7-3-29-60-30-4-8-48(34-50)56(47)60/h37-58H,1-36H2. The summed E-state index contributed by atoms with van der Waals surface area (Å²) in [6, 6.07) is 3.50. The molecule has 4 heteroatoms. The fourth-order valence-corrected chi connectivity index (χ4v) is 20.8. The molecule has 2 N–H and O–H groups in total. The van der Waals surface area contributed by atoms with Crippen LogP contribution in [0.3, 0.4) is 0 Å². The topological polar surface area (TPSA) is 30.5 Å². The molecule has 12 rings (SSSR count). The highest BCUT2D eigenvalue weighted by molar-refractivity contribution is 5.03. The van der Waals surface area contributed by atoms with Gasteiger partial charge < -0.3 is 10.6 Å². The Hall–Kier alpha value is -0.160. The second kappa shape index (κ2) is 18.3. The van der Waals surface area contributed by atoms with Crippen molar-refractivity contribution in [1.29, 1.82) is 0 Å². The molecule has 5 aliphatic heterocycles. The zero-order chi connectivity index (χ0) is 39.6. The van der Waals surface area contributed by atoms with Crippen molar-refractivity contribution < 1.29 is 0 Å². The molecule has 0 bridgehead atoms. The van der Waals surface area contributed by atoms with Gasteiger partial charge >= 0.3 is 0 Å². The number of nitrogens with zero attached hydrogens (tertiary/aromatic N) is 2. The lowest BCUT2D eigenvalue weighted by Crippen LogP contribution is -2.61. The molecule has 0 amide bonds. The third-order valence-corrected chi connectivity index (χ3v) is 23.4. The maximum atomic E-state index is 4.07. The highest BCUT2D eigenvalue weighted by Crippen LogP contribution is 2.56. The van der Waals surface area contributed by atoms with E-state index in [9.17, 15) is 0 Å². The van der Waals surface area contributed by atoms with Crippen LogP contribution in [-0.2, 0) is 0 Å². The zero-order valence-electron chi connectivity index (χ0n) is 38.9. The summed E-state index contributed by atoms with van der Waals surface area (Å²) in [7, 11) is 0. The van der Waals surface area contributed by atoms with E-state index in [0.29, 0.717) is 0 Å². The van der Waals surface area contributed by atoms with Gasteiger partial charge in [0.15, 0.2) is 0 Å². The third-order valence-electron chi connectivity index (χ3n) is 23.4. The number of fused-ring (bicyclic) bond motifs is 1. The molecule has 0 aromatic heterocycles. The molecule has 7 saturated carbocycles. The Morgan fingerprint density at radius 3 is 0.817 bits per heavy atom. The molecular formula is C56H94N4. The molecule has 0 aromatic carbocycles. The summed E-state index contributed by atoms with van der Waals surface area (Å²) >= 11 is 0. The van der Waals surface area contributed by atoms with Crippen molar-refractivity contribution in [1.82, 2.24) is 20.4 Å². The number of piperazine rings is 1. The van der Waals surface area contributed by atoms with Gasteiger partial charge in [-0.2, -0.15) is 0 Å². The Morgan fingerprint density at radius 2 is 0.517 bits per heavy atom. The van der Waals surface area contributed by atoms with Gasteiger partial charge in [-0.15, -0.1) is 0 Å². The first-order valence-corrected chi connectivity index (χ1v) is 28.6. The number of hydrogen-bond donors (Lipinski definition) is 2. The van der Waals surface area contributed by atoms with Crippen LogP contribution in [0.4, 0.5) is 0 Å². The van der Waals surface area contributed by atoms with Gasteiger partial charge in [0, 0.05) is 37.3 Å². The minimum atomic E-state index is 0.755. The van der Waals surface area contributed by atoms with Crippen LogP contribution in [0.2, 0.25) is 0 Å². The molecule has 338 valence electrons. The first-order valence-electron chi connectivity index (χ1n) is 28.6. The fourth-order valence-electron chi connectivity index (χ4n) is 20.8. The van der Waals surface area contributed by atoms with Crippen molar-refractivity contribution in [3.05, 3.63) is 0 Å². The Balaban J connectivity index is 0.620. The normalized spacial score (nSPS) is 53.0. The Kier molecular flexibility index (Phi) is 12.6. The molecule has 5 saturated heterocycles. The molecule has 0 spiro atoms. The van der Waals surface area contributed by atoms with E-state index in [0.717, 1.165) is 119 Å². The fraction of sp³-hybridized carbons (Fsp3) is 1.00. The second-order valence-corrected chi connectivity index (χ2v) is 25.7. The Morgan fingerprint density at radius 1 is 0.250 bits per heavy atom. The molecule has 12 aliphatic rings. The molecule has 5 heterocycles. The lowest BCUT2D eigenvalue weighted by atomic mass is 9.56. The van der Waals surface area contributed by atoms with Gasteiger partial charge in [-0.3, -0.25) is 9.80 Å². The summed E-state index contributed by atoms with van der Waals surface area (Å²) in [4.78, 5) is 5.92. The molecule has 4 nitrogen and oxygen atoms in total. The minimum Gasteiger partial charge on any atom is -0.311 e. The lowest BCUT2D eigenvalue weighted by molar-refractivity contribution is -0.0453. The summed E-state index contributed by atoms with van der Waals surface area (Å²) in [5, 5.41) is 8.13. The van der Waals surface area contributed by atoms with E-state index in [1.807, 2.05) is 0 Å². The van der Waals surface area contributed by atoms with E-state index < -0.39 is 0 Å². The van der Waals surface area contributed by atoms with Gasteiger partial charge in [0.25, 0.3) is 0 Å². The first-order chi connectivity index (χ1) is 29.7. The van der Waals surface area contributed by atoms with Crippen LogP contribution in [0.15, 0.2) is 0 Å². The zero-order valence-corrected chi connectivity index (χ0v) is 38.9. The molecule has 60 heavy (non-hydrogen) atoms. The summed E-state index contributed by atoms with van der Waals surface area (Å²) in [5.74, 6) is 16.9. The van der Waals surface area contributed by atoms with E-state index in [-0.39, 0.29) is 0 Å². The van der Waals surface area contributed by atoms with Crippen LogP contribution in [0, 0.1) is 94.7 Å².